The molecule has 0 spiro atoms. The van der Waals surface area contributed by atoms with Crippen molar-refractivity contribution in [2.75, 3.05) is 22.7 Å². The Labute approximate surface area is 204 Å². The molecule has 178 valence electrons. The van der Waals surface area contributed by atoms with E-state index in [1.54, 1.807) is 36.4 Å². The van der Waals surface area contributed by atoms with Crippen LogP contribution in [0.3, 0.4) is 0 Å². The Kier molecular flexibility index (Phi) is 6.93. The van der Waals surface area contributed by atoms with Gasteiger partial charge in [0.05, 0.1) is 22.8 Å². The number of hydrogen-bond donors (Lipinski definition) is 1. The van der Waals surface area contributed by atoms with E-state index in [1.165, 1.54) is 24.4 Å². The number of aromatic nitrogens is 1. The number of benzene rings is 2. The maximum atomic E-state index is 13.1. The van der Waals surface area contributed by atoms with Gasteiger partial charge in [-0.05, 0) is 75.4 Å². The Balaban J connectivity index is 1.59. The van der Waals surface area contributed by atoms with Crippen molar-refractivity contribution in [1.29, 1.82) is 0 Å². The second kappa shape index (κ2) is 9.74. The molecule has 0 saturated carbocycles. The molecular formula is C25H26ClN3O4S. The summed E-state index contributed by atoms with van der Waals surface area (Å²) in [6.45, 7) is 7.32. The molecule has 1 saturated heterocycles. The van der Waals surface area contributed by atoms with Crippen LogP contribution in [-0.2, 0) is 14.8 Å². The predicted octanol–water partition coefficient (Wildman–Crippen LogP) is 4.69. The van der Waals surface area contributed by atoms with Gasteiger partial charge in [0.25, 0.3) is 10.0 Å². The van der Waals surface area contributed by atoms with Crippen LogP contribution in [0.4, 0.5) is 11.4 Å². The zero-order valence-electron chi connectivity index (χ0n) is 19.2. The molecule has 1 aliphatic heterocycles. The minimum atomic E-state index is -3.94. The number of hydrogen-bond acceptors (Lipinski definition) is 6. The van der Waals surface area contributed by atoms with Crippen LogP contribution in [0.25, 0.3) is 0 Å². The quantitative estimate of drug-likeness (QED) is 0.495. The van der Waals surface area contributed by atoms with Crippen LogP contribution < -0.4 is 9.62 Å². The van der Waals surface area contributed by atoms with Gasteiger partial charge in [0, 0.05) is 46.8 Å². The number of morpholine rings is 1. The Morgan fingerprint density at radius 1 is 1.06 bits per heavy atom. The number of halogens is 1. The van der Waals surface area contributed by atoms with E-state index in [2.05, 4.69) is 14.6 Å². The molecule has 2 atom stereocenters. The van der Waals surface area contributed by atoms with Gasteiger partial charge in [-0.25, -0.2) is 8.42 Å². The highest BCUT2D eigenvalue weighted by Gasteiger charge is 2.24. The summed E-state index contributed by atoms with van der Waals surface area (Å²) in [6.07, 6.45) is 1.65. The molecule has 0 aliphatic carbocycles. The van der Waals surface area contributed by atoms with Crippen molar-refractivity contribution in [3.63, 3.8) is 0 Å². The fourth-order valence-corrected chi connectivity index (χ4v) is 5.23. The number of pyridine rings is 1. The summed E-state index contributed by atoms with van der Waals surface area (Å²) in [6, 6.07) is 14.5. The fourth-order valence-electron chi connectivity index (χ4n) is 3.98. The number of ketones is 1. The molecule has 9 heteroatoms. The van der Waals surface area contributed by atoms with E-state index in [0.29, 0.717) is 10.6 Å². The molecule has 1 aromatic heterocycles. The molecule has 2 aromatic carbocycles. The van der Waals surface area contributed by atoms with Crippen LogP contribution in [0.2, 0.25) is 5.02 Å². The van der Waals surface area contributed by atoms with E-state index in [4.69, 9.17) is 16.3 Å². The number of aryl methyl sites for hydroxylation is 1. The number of anilines is 2. The lowest BCUT2D eigenvalue weighted by Gasteiger charge is -2.36. The first-order chi connectivity index (χ1) is 16.1. The lowest BCUT2D eigenvalue weighted by atomic mass is 10.0. The Bertz CT molecular complexity index is 1280. The lowest BCUT2D eigenvalue weighted by molar-refractivity contribution is -0.00522. The van der Waals surface area contributed by atoms with Crippen molar-refractivity contribution in [2.45, 2.75) is 37.9 Å². The van der Waals surface area contributed by atoms with Gasteiger partial charge in [-0.1, -0.05) is 11.6 Å². The SMILES string of the molecule is Cc1ccc(C(=O)c2cc(Cl)ccc2NS(=O)(=O)c2ccc(N3CC(C)OC(C)C3)cc2)cn1. The minimum Gasteiger partial charge on any atom is -0.372 e. The van der Waals surface area contributed by atoms with E-state index in [9.17, 15) is 13.2 Å². The molecule has 7 nitrogen and oxygen atoms in total. The molecule has 3 aromatic rings. The molecule has 1 fully saturated rings. The normalized spacial score (nSPS) is 18.5. The average molecular weight is 500 g/mol. The number of rotatable bonds is 6. The number of nitrogens with one attached hydrogen (secondary N) is 1. The molecule has 2 heterocycles. The monoisotopic (exact) mass is 499 g/mol. The van der Waals surface area contributed by atoms with Crippen molar-refractivity contribution in [3.8, 4) is 0 Å². The van der Waals surface area contributed by atoms with Crippen LogP contribution in [0.15, 0.2) is 65.7 Å². The van der Waals surface area contributed by atoms with Crippen molar-refractivity contribution in [1.82, 2.24) is 4.98 Å². The average Bonchev–Trinajstić information content (AvgIpc) is 2.79. The van der Waals surface area contributed by atoms with E-state index in [-0.39, 0.29) is 34.1 Å². The standard InChI is InChI=1S/C25H26ClN3O4S/c1-16-4-5-19(13-27-16)25(30)23-12-20(26)6-11-24(23)28-34(31,32)22-9-7-21(8-10-22)29-14-17(2)33-18(3)15-29/h4-13,17-18,28H,14-15H2,1-3H3. The Morgan fingerprint density at radius 3 is 2.35 bits per heavy atom. The summed E-state index contributed by atoms with van der Waals surface area (Å²) < 4.78 is 34.6. The predicted molar refractivity (Wildman–Crippen MR) is 133 cm³/mol. The molecule has 1 N–H and O–H groups in total. The van der Waals surface area contributed by atoms with Gasteiger partial charge < -0.3 is 9.64 Å². The summed E-state index contributed by atoms with van der Waals surface area (Å²) >= 11 is 6.11. The molecule has 2 unspecified atom stereocenters. The zero-order valence-corrected chi connectivity index (χ0v) is 20.7. The maximum Gasteiger partial charge on any atom is 0.261 e. The topological polar surface area (TPSA) is 88.6 Å². The zero-order chi connectivity index (χ0) is 24.5. The molecule has 0 amide bonds. The molecular weight excluding hydrogens is 474 g/mol. The number of sulfonamides is 1. The second-order valence-corrected chi connectivity index (χ2v) is 10.6. The smallest absolute Gasteiger partial charge is 0.261 e. The first-order valence-corrected chi connectivity index (χ1v) is 12.8. The van der Waals surface area contributed by atoms with Crippen LogP contribution in [-0.4, -0.2) is 44.5 Å². The van der Waals surface area contributed by atoms with Gasteiger partial charge in [0.2, 0.25) is 0 Å². The fraction of sp³-hybridized carbons (Fsp3) is 0.280. The molecule has 4 rings (SSSR count). The van der Waals surface area contributed by atoms with E-state index in [1.807, 2.05) is 20.8 Å². The number of nitrogens with zero attached hydrogens (tertiary/aromatic N) is 2. The van der Waals surface area contributed by atoms with Crippen LogP contribution in [0, 0.1) is 6.92 Å². The highest BCUT2D eigenvalue weighted by Crippen LogP contribution is 2.27. The molecule has 0 bridgehead atoms. The Hall–Kier alpha value is -2.94. The van der Waals surface area contributed by atoms with Gasteiger partial charge in [0.1, 0.15) is 0 Å². The minimum absolute atomic E-state index is 0.0935. The van der Waals surface area contributed by atoms with E-state index >= 15 is 0 Å². The first kappa shape index (κ1) is 24.2. The first-order valence-electron chi connectivity index (χ1n) is 10.9. The second-order valence-electron chi connectivity index (χ2n) is 8.47. The van der Waals surface area contributed by atoms with Gasteiger partial charge in [0.15, 0.2) is 5.78 Å². The van der Waals surface area contributed by atoms with Crippen LogP contribution >= 0.6 is 11.6 Å². The third-order valence-corrected chi connectivity index (χ3v) is 7.19. The summed E-state index contributed by atoms with van der Waals surface area (Å²) in [5, 5.41) is 0.324. The highest BCUT2D eigenvalue weighted by atomic mass is 35.5. The van der Waals surface area contributed by atoms with Crippen molar-refractivity contribution in [3.05, 3.63) is 82.6 Å². The van der Waals surface area contributed by atoms with E-state index in [0.717, 1.165) is 24.5 Å². The Morgan fingerprint density at radius 2 is 1.74 bits per heavy atom. The number of carbonyl (C=O) groups is 1. The third-order valence-electron chi connectivity index (χ3n) is 5.58. The molecule has 34 heavy (non-hydrogen) atoms. The van der Waals surface area contributed by atoms with Crippen LogP contribution in [0.5, 0.6) is 0 Å². The molecule has 1 aliphatic rings. The highest BCUT2D eigenvalue weighted by molar-refractivity contribution is 7.92. The van der Waals surface area contributed by atoms with E-state index < -0.39 is 10.0 Å². The molecule has 0 radical (unpaired) electrons. The lowest BCUT2D eigenvalue weighted by Crippen LogP contribution is -2.45. The summed E-state index contributed by atoms with van der Waals surface area (Å²) in [5.74, 6) is -0.376. The largest absolute Gasteiger partial charge is 0.372 e. The van der Waals surface area contributed by atoms with Crippen molar-refractivity contribution < 1.29 is 17.9 Å². The summed E-state index contributed by atoms with van der Waals surface area (Å²) in [5.41, 5.74) is 2.33. The van der Waals surface area contributed by atoms with Gasteiger partial charge in [-0.3, -0.25) is 14.5 Å². The van der Waals surface area contributed by atoms with Crippen molar-refractivity contribution >= 4 is 38.8 Å². The summed E-state index contributed by atoms with van der Waals surface area (Å²) in [4.78, 5) is 19.5. The van der Waals surface area contributed by atoms with Crippen LogP contribution in [0.1, 0.15) is 35.5 Å². The maximum absolute atomic E-state index is 13.1. The summed E-state index contributed by atoms with van der Waals surface area (Å²) in [7, 11) is -3.94. The number of ether oxygens (including phenoxy) is 1. The van der Waals surface area contributed by atoms with Gasteiger partial charge in [-0.2, -0.15) is 0 Å². The third kappa shape index (κ3) is 5.41. The van der Waals surface area contributed by atoms with Gasteiger partial charge in [-0.15, -0.1) is 0 Å². The van der Waals surface area contributed by atoms with Crippen molar-refractivity contribution in [2.24, 2.45) is 0 Å². The number of carbonyl (C=O) groups excluding carboxylic acids is 1. The van der Waals surface area contributed by atoms with Gasteiger partial charge >= 0.3 is 0 Å².